The van der Waals surface area contributed by atoms with Crippen LogP contribution >= 0.6 is 11.3 Å². The first-order valence-electron chi connectivity index (χ1n) is 5.85. The van der Waals surface area contributed by atoms with Crippen molar-refractivity contribution in [3.8, 4) is 0 Å². The zero-order valence-electron chi connectivity index (χ0n) is 9.98. The number of carboxylic acid groups (broad SMARTS) is 1. The second-order valence-electron chi connectivity index (χ2n) is 4.49. The van der Waals surface area contributed by atoms with E-state index in [9.17, 15) is 18.0 Å². The summed E-state index contributed by atoms with van der Waals surface area (Å²) >= 11 is 1.14. The molecule has 8 heteroatoms. The highest BCUT2D eigenvalue weighted by Crippen LogP contribution is 2.35. The summed E-state index contributed by atoms with van der Waals surface area (Å²) in [6.07, 6.45) is -2.57. The highest BCUT2D eigenvalue weighted by Gasteiger charge is 2.39. The molecule has 1 aliphatic carbocycles. The minimum atomic E-state index is -4.25. The molecule has 1 N–H and O–H groups in total. The fourth-order valence-electron chi connectivity index (χ4n) is 1.71. The van der Waals surface area contributed by atoms with E-state index in [4.69, 9.17) is 5.11 Å². The number of aliphatic carboxylic acids is 1. The van der Waals surface area contributed by atoms with E-state index in [1.165, 1.54) is 4.90 Å². The summed E-state index contributed by atoms with van der Waals surface area (Å²) in [6.45, 7) is -0.996. The molecule has 1 aromatic heterocycles. The Morgan fingerprint density at radius 2 is 2.21 bits per heavy atom. The van der Waals surface area contributed by atoms with Crippen LogP contribution in [-0.2, 0) is 11.2 Å². The number of aromatic nitrogens is 1. The smallest absolute Gasteiger partial charge is 0.406 e. The number of carboxylic acids is 1. The first-order valence-corrected chi connectivity index (χ1v) is 6.73. The molecule has 0 radical (unpaired) electrons. The topological polar surface area (TPSA) is 53.4 Å². The predicted molar refractivity (Wildman–Crippen MR) is 64.5 cm³/mol. The maximum absolute atomic E-state index is 12.5. The number of nitrogens with zero attached hydrogens (tertiary/aromatic N) is 2. The van der Waals surface area contributed by atoms with Crippen LogP contribution in [0.4, 0.5) is 18.3 Å². The summed E-state index contributed by atoms with van der Waals surface area (Å²) in [4.78, 5) is 15.8. The Bertz CT molecular complexity index is 457. The number of hydrogen-bond acceptors (Lipinski definition) is 4. The maximum Gasteiger partial charge on any atom is 0.406 e. The molecule has 0 spiro atoms. The molecular formula is C11H13F3N2O2S. The Morgan fingerprint density at radius 3 is 2.74 bits per heavy atom. The normalized spacial score (nSPS) is 15.5. The van der Waals surface area contributed by atoms with Gasteiger partial charge in [-0.3, -0.25) is 4.79 Å². The van der Waals surface area contributed by atoms with Gasteiger partial charge in [-0.25, -0.2) is 4.98 Å². The highest BCUT2D eigenvalue weighted by atomic mass is 32.1. The molecule has 19 heavy (non-hydrogen) atoms. The first-order chi connectivity index (χ1) is 8.85. The summed E-state index contributed by atoms with van der Waals surface area (Å²) in [5.41, 5.74) is 0.537. The van der Waals surface area contributed by atoms with E-state index in [0.717, 1.165) is 24.2 Å². The van der Waals surface area contributed by atoms with Gasteiger partial charge in [0.2, 0.25) is 0 Å². The third-order valence-corrected chi connectivity index (χ3v) is 3.64. The first kappa shape index (κ1) is 14.1. The monoisotopic (exact) mass is 294 g/mol. The molecule has 4 nitrogen and oxygen atoms in total. The zero-order valence-corrected chi connectivity index (χ0v) is 10.8. The van der Waals surface area contributed by atoms with E-state index in [2.05, 4.69) is 4.98 Å². The number of alkyl halides is 3. The average Bonchev–Trinajstić information content (AvgIpc) is 3.01. The van der Waals surface area contributed by atoms with Crippen LogP contribution in [0.2, 0.25) is 0 Å². The Hall–Kier alpha value is -1.31. The van der Waals surface area contributed by atoms with Crippen LogP contribution in [0.5, 0.6) is 0 Å². The summed E-state index contributed by atoms with van der Waals surface area (Å²) < 4.78 is 37.5. The van der Waals surface area contributed by atoms with Gasteiger partial charge in [-0.1, -0.05) is 0 Å². The van der Waals surface area contributed by atoms with Gasteiger partial charge in [0, 0.05) is 17.8 Å². The molecule has 0 aromatic carbocycles. The van der Waals surface area contributed by atoms with E-state index in [-0.39, 0.29) is 18.9 Å². The highest BCUT2D eigenvalue weighted by molar-refractivity contribution is 7.13. The fourth-order valence-corrected chi connectivity index (χ4v) is 2.64. The van der Waals surface area contributed by atoms with Gasteiger partial charge in [-0.15, -0.1) is 11.3 Å². The molecule has 0 atom stereocenters. The van der Waals surface area contributed by atoms with Gasteiger partial charge in [-0.05, 0) is 12.8 Å². The van der Waals surface area contributed by atoms with E-state index >= 15 is 0 Å². The van der Waals surface area contributed by atoms with Crippen LogP contribution in [0.15, 0.2) is 5.38 Å². The van der Waals surface area contributed by atoms with Crippen molar-refractivity contribution in [3.05, 3.63) is 11.1 Å². The number of anilines is 1. The molecule has 1 aromatic rings. The second kappa shape index (κ2) is 5.36. The standard InChI is InChI=1S/C11H13F3N2O2S/c12-11(13,14)6-16(8-2-3-8)10-15-7(5-19-10)1-4-9(17)18/h5,8H,1-4,6H2,(H,17,18). The van der Waals surface area contributed by atoms with Crippen molar-refractivity contribution in [1.29, 1.82) is 0 Å². The van der Waals surface area contributed by atoms with Crippen molar-refractivity contribution >= 4 is 22.4 Å². The number of halogens is 3. The average molecular weight is 294 g/mol. The van der Waals surface area contributed by atoms with Crippen molar-refractivity contribution in [2.45, 2.75) is 37.9 Å². The lowest BCUT2D eigenvalue weighted by Gasteiger charge is -2.22. The summed E-state index contributed by atoms with van der Waals surface area (Å²) in [6, 6.07) is -0.0832. The Morgan fingerprint density at radius 1 is 1.53 bits per heavy atom. The molecule has 0 amide bonds. The van der Waals surface area contributed by atoms with Gasteiger partial charge in [0.15, 0.2) is 5.13 Å². The van der Waals surface area contributed by atoms with Crippen LogP contribution in [0, 0.1) is 0 Å². The van der Waals surface area contributed by atoms with Crippen molar-refractivity contribution in [3.63, 3.8) is 0 Å². The number of carbonyl (C=O) groups is 1. The Labute approximate surface area is 111 Å². The molecule has 1 saturated carbocycles. The molecule has 1 fully saturated rings. The van der Waals surface area contributed by atoms with Crippen LogP contribution in [0.25, 0.3) is 0 Å². The molecule has 1 aliphatic rings. The second-order valence-corrected chi connectivity index (χ2v) is 5.33. The van der Waals surface area contributed by atoms with E-state index in [1.807, 2.05) is 0 Å². The van der Waals surface area contributed by atoms with Crippen LogP contribution < -0.4 is 4.90 Å². The number of aryl methyl sites for hydroxylation is 1. The minimum Gasteiger partial charge on any atom is -0.481 e. The lowest BCUT2D eigenvalue weighted by Crippen LogP contribution is -2.35. The van der Waals surface area contributed by atoms with E-state index in [0.29, 0.717) is 10.8 Å². The van der Waals surface area contributed by atoms with Gasteiger partial charge in [0.05, 0.1) is 12.1 Å². The number of rotatable bonds is 6. The fraction of sp³-hybridized carbons (Fsp3) is 0.636. The summed E-state index contributed by atoms with van der Waals surface area (Å²) in [7, 11) is 0. The molecule has 0 aliphatic heterocycles. The minimum absolute atomic E-state index is 0.0636. The third kappa shape index (κ3) is 4.38. The maximum atomic E-state index is 12.5. The molecule has 0 unspecified atom stereocenters. The molecule has 2 rings (SSSR count). The van der Waals surface area contributed by atoms with Gasteiger partial charge in [0.25, 0.3) is 0 Å². The predicted octanol–water partition coefficient (Wildman–Crippen LogP) is 2.69. The van der Waals surface area contributed by atoms with Crippen molar-refractivity contribution in [2.24, 2.45) is 0 Å². The molecule has 1 heterocycles. The van der Waals surface area contributed by atoms with Gasteiger partial charge < -0.3 is 10.0 Å². The number of thiazole rings is 1. The van der Waals surface area contributed by atoms with Gasteiger partial charge in [-0.2, -0.15) is 13.2 Å². The largest absolute Gasteiger partial charge is 0.481 e. The quantitative estimate of drug-likeness (QED) is 0.876. The Balaban J connectivity index is 2.03. The van der Waals surface area contributed by atoms with Crippen LogP contribution in [-0.4, -0.2) is 34.8 Å². The van der Waals surface area contributed by atoms with Crippen LogP contribution in [0.3, 0.4) is 0 Å². The molecular weight excluding hydrogens is 281 g/mol. The van der Waals surface area contributed by atoms with Crippen LogP contribution in [0.1, 0.15) is 25.0 Å². The van der Waals surface area contributed by atoms with E-state index < -0.39 is 18.7 Å². The molecule has 106 valence electrons. The molecule has 0 bridgehead atoms. The SMILES string of the molecule is O=C(O)CCc1csc(N(CC(F)(F)F)C2CC2)n1. The Kier molecular flexibility index (Phi) is 3.98. The lowest BCUT2D eigenvalue weighted by molar-refractivity contribution is -0.137. The summed E-state index contributed by atoms with van der Waals surface area (Å²) in [5, 5.41) is 10.5. The van der Waals surface area contributed by atoms with Gasteiger partial charge >= 0.3 is 12.1 Å². The van der Waals surface area contributed by atoms with Gasteiger partial charge in [0.1, 0.15) is 6.54 Å². The number of hydrogen-bond donors (Lipinski definition) is 1. The van der Waals surface area contributed by atoms with E-state index in [1.54, 1.807) is 5.38 Å². The summed E-state index contributed by atoms with van der Waals surface area (Å²) in [5.74, 6) is -0.941. The third-order valence-electron chi connectivity index (χ3n) is 2.72. The van der Waals surface area contributed by atoms with Crippen molar-refractivity contribution in [1.82, 2.24) is 4.98 Å². The van der Waals surface area contributed by atoms with Crippen molar-refractivity contribution < 1.29 is 23.1 Å². The molecule has 0 saturated heterocycles. The zero-order chi connectivity index (χ0) is 14.0. The van der Waals surface area contributed by atoms with Crippen molar-refractivity contribution in [2.75, 3.05) is 11.4 Å². The lowest BCUT2D eigenvalue weighted by atomic mass is 10.2.